The van der Waals surface area contributed by atoms with Crippen LogP contribution in [0.2, 0.25) is 0 Å². The summed E-state index contributed by atoms with van der Waals surface area (Å²) >= 11 is 0. The minimum Gasteiger partial charge on any atom is -0.493 e. The maximum absolute atomic E-state index is 6.22. The number of ether oxygens (including phenoxy) is 7. The van der Waals surface area contributed by atoms with E-state index in [4.69, 9.17) is 33.2 Å². The fourth-order valence-corrected chi connectivity index (χ4v) is 11.7. The molecule has 454 valence electrons. The summed E-state index contributed by atoms with van der Waals surface area (Å²) in [4.78, 5) is 7.70. The van der Waals surface area contributed by atoms with E-state index in [1.807, 2.05) is 12.1 Å². The van der Waals surface area contributed by atoms with E-state index in [1.165, 1.54) is 126 Å². The first-order valence-corrected chi connectivity index (χ1v) is 30.2. The van der Waals surface area contributed by atoms with Crippen molar-refractivity contribution in [2.45, 2.75) is 177 Å². The van der Waals surface area contributed by atoms with Gasteiger partial charge in [0, 0.05) is 31.6 Å². The SMILES string of the molecule is C.C.CC(C)(C)c1ccc(OC2CN3CCC2CC3)cc1.CC(C)(C)c1ccc(OCC23CCN(CC2)CC3)cc1.CC(C)(C)c1cccc(OCC23CCN(CC2)CC3)c1.COCCOc1ccc(C(C)(C)C)cc1OCCOC. The number of piperidine rings is 9. The van der Waals surface area contributed by atoms with Gasteiger partial charge in [-0.05, 0) is 202 Å². The summed E-state index contributed by atoms with van der Waals surface area (Å²) in [6.45, 7) is 41.9. The average molecular weight is 1120 g/mol. The van der Waals surface area contributed by atoms with Crippen LogP contribution in [0, 0.1) is 16.7 Å². The van der Waals surface area contributed by atoms with Gasteiger partial charge in [0.05, 0.1) is 26.4 Å². The molecular weight excluding hydrogens is 1010 g/mol. The Hall–Kier alpha value is -4.32. The van der Waals surface area contributed by atoms with E-state index in [1.54, 1.807) is 14.2 Å². The molecule has 4 aromatic carbocycles. The quantitative estimate of drug-likeness (QED) is 0.101. The molecule has 10 heteroatoms. The lowest BCUT2D eigenvalue weighted by molar-refractivity contribution is -0.00777. The molecule has 0 saturated carbocycles. The van der Waals surface area contributed by atoms with Crippen LogP contribution >= 0.6 is 0 Å². The van der Waals surface area contributed by atoms with Crippen molar-refractivity contribution in [2.75, 3.05) is 113 Å². The molecule has 0 aliphatic carbocycles. The second kappa shape index (κ2) is 30.0. The molecule has 1 unspecified atom stereocenters. The second-order valence-corrected chi connectivity index (χ2v) is 28.0. The first kappa shape index (κ1) is 67.5. The molecular formula is C71H113N3O7. The van der Waals surface area contributed by atoms with Gasteiger partial charge in [-0.25, -0.2) is 0 Å². The standard InChI is InChI=1S/2C18H27NO.C17H25NO.C16H26O4.2CH4/c1-17(2,3)15-4-6-16(7-5-15)20-14-18-8-11-19(12-9-18)13-10-18;1-17(2,3)15-5-4-6-16(13-15)20-14-18-7-10-19(11-8-18)12-9-18;1-17(2,3)14-4-6-15(7-5-14)19-16-12-18-10-8-13(16)9-11-18;1-16(2,3)13-6-7-14(19-10-8-17-4)15(12-13)20-11-9-18-5;;/h4-7H,8-14H2,1-3H3;4-6,13H,7-12,14H2,1-3H3;4-7,13,16H,8-12H2,1-3H3;6-7,12H,8-11H2,1-5H3;2*1H4. The van der Waals surface area contributed by atoms with Crippen molar-refractivity contribution in [3.8, 4) is 28.7 Å². The Bertz CT molecular complexity index is 2400. The van der Waals surface area contributed by atoms with Crippen LogP contribution in [0.3, 0.4) is 0 Å². The minimum atomic E-state index is 0. The largest absolute Gasteiger partial charge is 0.493 e. The van der Waals surface area contributed by atoms with E-state index < -0.39 is 0 Å². The second-order valence-electron chi connectivity index (χ2n) is 28.0. The molecule has 9 heterocycles. The van der Waals surface area contributed by atoms with Gasteiger partial charge in [-0.3, -0.25) is 4.90 Å². The van der Waals surface area contributed by atoms with E-state index in [0.29, 0.717) is 43.4 Å². The number of nitrogens with zero attached hydrogens (tertiary/aromatic N) is 3. The monoisotopic (exact) mass is 1120 g/mol. The van der Waals surface area contributed by atoms with Gasteiger partial charge in [0.2, 0.25) is 0 Å². The Labute approximate surface area is 494 Å². The summed E-state index contributed by atoms with van der Waals surface area (Å²) in [6.07, 6.45) is 10.9. The van der Waals surface area contributed by atoms with Crippen molar-refractivity contribution < 1.29 is 33.2 Å². The van der Waals surface area contributed by atoms with Gasteiger partial charge in [-0.2, -0.15) is 0 Å². The summed E-state index contributed by atoms with van der Waals surface area (Å²) in [5.41, 5.74) is 6.90. The van der Waals surface area contributed by atoms with Gasteiger partial charge >= 0.3 is 0 Å². The van der Waals surface area contributed by atoms with Gasteiger partial charge in [-0.1, -0.05) is 140 Å². The van der Waals surface area contributed by atoms with E-state index in [-0.39, 0.29) is 36.5 Å². The Balaban J connectivity index is 0.000000197. The van der Waals surface area contributed by atoms with Crippen molar-refractivity contribution in [1.29, 1.82) is 0 Å². The fourth-order valence-electron chi connectivity index (χ4n) is 11.7. The molecule has 1 atom stereocenters. The third-order valence-electron chi connectivity index (χ3n) is 17.8. The highest BCUT2D eigenvalue weighted by atomic mass is 16.5. The van der Waals surface area contributed by atoms with Crippen molar-refractivity contribution in [3.63, 3.8) is 0 Å². The normalized spacial score (nSPS) is 24.5. The number of fused-ring (bicyclic) bond motifs is 9. The highest BCUT2D eigenvalue weighted by Crippen LogP contribution is 2.42. The zero-order valence-corrected chi connectivity index (χ0v) is 51.8. The molecule has 9 aliphatic rings. The molecule has 0 spiro atoms. The number of hydrogen-bond donors (Lipinski definition) is 0. The summed E-state index contributed by atoms with van der Waals surface area (Å²) < 4.78 is 40.0. The summed E-state index contributed by atoms with van der Waals surface area (Å²) in [5, 5.41) is 0. The molecule has 10 nitrogen and oxygen atoms in total. The first-order chi connectivity index (χ1) is 37.4. The van der Waals surface area contributed by atoms with E-state index >= 15 is 0 Å². The molecule has 0 radical (unpaired) electrons. The van der Waals surface area contributed by atoms with Crippen LogP contribution in [0.5, 0.6) is 28.7 Å². The highest BCUT2D eigenvalue weighted by Gasteiger charge is 2.41. The topological polar surface area (TPSA) is 74.3 Å². The molecule has 4 aromatic rings. The average Bonchev–Trinajstić information content (AvgIpc) is 3.48. The number of rotatable bonds is 16. The van der Waals surface area contributed by atoms with Crippen molar-refractivity contribution in [3.05, 3.63) is 113 Å². The van der Waals surface area contributed by atoms with Crippen LogP contribution in [0.25, 0.3) is 0 Å². The Morgan fingerprint density at radius 2 is 0.815 bits per heavy atom. The molecule has 13 rings (SSSR count). The van der Waals surface area contributed by atoms with Gasteiger partial charge in [0.25, 0.3) is 0 Å². The Kier molecular flexibility index (Phi) is 25.0. The lowest BCUT2D eigenvalue weighted by Crippen LogP contribution is -2.52. The molecule has 0 N–H and O–H groups in total. The van der Waals surface area contributed by atoms with Gasteiger partial charge < -0.3 is 43.0 Å². The Morgan fingerprint density at radius 1 is 0.407 bits per heavy atom. The lowest BCUT2D eigenvalue weighted by Gasteiger charge is -2.48. The van der Waals surface area contributed by atoms with Crippen LogP contribution in [0.1, 0.15) is 172 Å². The van der Waals surface area contributed by atoms with Gasteiger partial charge in [0.1, 0.15) is 36.6 Å². The molecule has 0 aromatic heterocycles. The van der Waals surface area contributed by atoms with Crippen molar-refractivity contribution in [1.82, 2.24) is 14.7 Å². The van der Waals surface area contributed by atoms with E-state index in [9.17, 15) is 0 Å². The van der Waals surface area contributed by atoms with Crippen LogP contribution in [-0.4, -0.2) is 134 Å². The number of benzene rings is 4. The molecule has 0 amide bonds. The predicted octanol–water partition coefficient (Wildman–Crippen LogP) is 15.5. The van der Waals surface area contributed by atoms with Crippen molar-refractivity contribution in [2.24, 2.45) is 16.7 Å². The van der Waals surface area contributed by atoms with Crippen LogP contribution in [0.15, 0.2) is 91.0 Å². The summed E-state index contributed by atoms with van der Waals surface area (Å²) in [7, 11) is 3.31. The van der Waals surface area contributed by atoms with Gasteiger partial charge in [0.15, 0.2) is 11.5 Å². The zero-order valence-electron chi connectivity index (χ0n) is 51.8. The molecule has 9 saturated heterocycles. The fraction of sp³-hybridized carbons (Fsp3) is 0.662. The van der Waals surface area contributed by atoms with Crippen molar-refractivity contribution >= 4 is 0 Å². The third-order valence-corrected chi connectivity index (χ3v) is 17.8. The van der Waals surface area contributed by atoms with E-state index in [2.05, 4.69) is 177 Å². The summed E-state index contributed by atoms with van der Waals surface area (Å²) in [6, 6.07) is 32.1. The molecule has 6 bridgehead atoms. The smallest absolute Gasteiger partial charge is 0.161 e. The predicted molar refractivity (Wildman–Crippen MR) is 339 cm³/mol. The van der Waals surface area contributed by atoms with Crippen LogP contribution < -0.4 is 23.7 Å². The first-order valence-electron chi connectivity index (χ1n) is 30.2. The zero-order chi connectivity index (χ0) is 56.9. The summed E-state index contributed by atoms with van der Waals surface area (Å²) in [5.74, 6) is 5.37. The Morgan fingerprint density at radius 3 is 1.23 bits per heavy atom. The maximum atomic E-state index is 6.22. The lowest BCUT2D eigenvalue weighted by atomic mass is 9.73. The molecule has 9 fully saturated rings. The van der Waals surface area contributed by atoms with Gasteiger partial charge in [-0.15, -0.1) is 0 Å². The minimum absolute atomic E-state index is 0. The third kappa shape index (κ3) is 20.2. The number of hydrogen-bond acceptors (Lipinski definition) is 10. The highest BCUT2D eigenvalue weighted by molar-refractivity contribution is 5.45. The van der Waals surface area contributed by atoms with Crippen LogP contribution in [0.4, 0.5) is 0 Å². The van der Waals surface area contributed by atoms with Crippen LogP contribution in [-0.2, 0) is 31.1 Å². The molecule has 9 aliphatic heterocycles. The maximum Gasteiger partial charge on any atom is 0.161 e. The van der Waals surface area contributed by atoms with E-state index in [0.717, 1.165) is 54.4 Å². The molecule has 81 heavy (non-hydrogen) atoms. The number of methoxy groups -OCH3 is 2.